The molecule has 0 spiro atoms. The molecular weight excluding hydrogens is 294 g/mol. The molecule has 2 unspecified atom stereocenters. The molecule has 0 saturated carbocycles. The van der Waals surface area contributed by atoms with Gasteiger partial charge in [0.1, 0.15) is 6.04 Å². The van der Waals surface area contributed by atoms with E-state index in [1.807, 2.05) is 6.92 Å². The maximum atomic E-state index is 12.1. The van der Waals surface area contributed by atoms with Crippen molar-refractivity contribution < 1.29 is 23.1 Å². The van der Waals surface area contributed by atoms with E-state index in [-0.39, 0.29) is 16.4 Å². The number of carboxylic acids is 1. The van der Waals surface area contributed by atoms with Crippen LogP contribution in [0.3, 0.4) is 0 Å². The molecule has 2 N–H and O–H groups in total. The van der Waals surface area contributed by atoms with Crippen LogP contribution in [0.15, 0.2) is 29.2 Å². The van der Waals surface area contributed by atoms with Crippen LogP contribution < -0.4 is 5.32 Å². The number of carbonyl (C=O) groups excluding carboxylic acids is 1. The number of carbonyl (C=O) groups is 2. The third-order valence-corrected chi connectivity index (χ3v) is 4.40. The minimum absolute atomic E-state index is 0.0190. The van der Waals surface area contributed by atoms with Gasteiger partial charge in [-0.3, -0.25) is 4.79 Å². The molecular formula is C14H19NO5S. The number of rotatable bonds is 6. The fourth-order valence-electron chi connectivity index (χ4n) is 1.78. The van der Waals surface area contributed by atoms with Gasteiger partial charge in [-0.25, -0.2) is 13.2 Å². The lowest BCUT2D eigenvalue weighted by Gasteiger charge is -2.20. The molecule has 1 aromatic carbocycles. The SMILES string of the molecule is CCC(C)C(NC(=O)c1cccc(S(C)(=O)=O)c1)C(=O)O. The predicted molar refractivity (Wildman–Crippen MR) is 77.9 cm³/mol. The van der Waals surface area contributed by atoms with Crippen molar-refractivity contribution in [3.8, 4) is 0 Å². The van der Waals surface area contributed by atoms with Crippen molar-refractivity contribution in [2.75, 3.05) is 6.26 Å². The maximum Gasteiger partial charge on any atom is 0.326 e. The summed E-state index contributed by atoms with van der Waals surface area (Å²) in [6.45, 7) is 3.56. The number of benzene rings is 1. The lowest BCUT2D eigenvalue weighted by molar-refractivity contribution is -0.140. The smallest absolute Gasteiger partial charge is 0.326 e. The normalized spacial score (nSPS) is 14.2. The zero-order valence-electron chi connectivity index (χ0n) is 12.2. The fraction of sp³-hybridized carbons (Fsp3) is 0.429. The maximum absolute atomic E-state index is 12.1. The average Bonchev–Trinajstić information content (AvgIpc) is 2.42. The molecule has 1 aromatic rings. The van der Waals surface area contributed by atoms with Crippen molar-refractivity contribution in [1.29, 1.82) is 0 Å². The molecule has 1 amide bonds. The van der Waals surface area contributed by atoms with E-state index in [1.54, 1.807) is 6.92 Å². The van der Waals surface area contributed by atoms with Crippen molar-refractivity contribution in [3.63, 3.8) is 0 Å². The molecule has 0 aliphatic heterocycles. The van der Waals surface area contributed by atoms with Gasteiger partial charge in [-0.2, -0.15) is 0 Å². The van der Waals surface area contributed by atoms with E-state index >= 15 is 0 Å². The Morgan fingerprint density at radius 1 is 1.33 bits per heavy atom. The Hall–Kier alpha value is -1.89. The number of hydrogen-bond acceptors (Lipinski definition) is 4. The van der Waals surface area contributed by atoms with Crippen LogP contribution in [0.2, 0.25) is 0 Å². The highest BCUT2D eigenvalue weighted by Crippen LogP contribution is 2.13. The van der Waals surface area contributed by atoms with Crippen LogP contribution in [0.4, 0.5) is 0 Å². The minimum Gasteiger partial charge on any atom is -0.480 e. The third-order valence-electron chi connectivity index (χ3n) is 3.29. The Labute approximate surface area is 124 Å². The van der Waals surface area contributed by atoms with Crippen LogP contribution in [-0.4, -0.2) is 37.7 Å². The van der Waals surface area contributed by atoms with E-state index in [0.717, 1.165) is 6.26 Å². The summed E-state index contributed by atoms with van der Waals surface area (Å²) in [5, 5.41) is 11.6. The largest absolute Gasteiger partial charge is 0.480 e. The van der Waals surface area contributed by atoms with E-state index in [1.165, 1.54) is 24.3 Å². The second-order valence-corrected chi connectivity index (χ2v) is 6.99. The summed E-state index contributed by atoms with van der Waals surface area (Å²) in [6, 6.07) is 4.50. The molecule has 7 heteroatoms. The summed E-state index contributed by atoms with van der Waals surface area (Å²) in [4.78, 5) is 23.3. The first-order valence-corrected chi connectivity index (χ1v) is 8.39. The van der Waals surface area contributed by atoms with E-state index in [9.17, 15) is 18.0 Å². The van der Waals surface area contributed by atoms with Crippen molar-refractivity contribution in [3.05, 3.63) is 29.8 Å². The van der Waals surface area contributed by atoms with Crippen LogP contribution >= 0.6 is 0 Å². The third kappa shape index (κ3) is 4.56. The molecule has 0 fully saturated rings. The Morgan fingerprint density at radius 2 is 1.95 bits per heavy atom. The van der Waals surface area contributed by atoms with Gasteiger partial charge >= 0.3 is 5.97 Å². The highest BCUT2D eigenvalue weighted by molar-refractivity contribution is 7.90. The van der Waals surface area contributed by atoms with E-state index in [4.69, 9.17) is 5.11 Å². The Kier molecular flexibility index (Phi) is 5.48. The zero-order chi connectivity index (χ0) is 16.2. The topological polar surface area (TPSA) is 101 Å². The summed E-state index contributed by atoms with van der Waals surface area (Å²) >= 11 is 0. The van der Waals surface area contributed by atoms with Gasteiger partial charge in [-0.1, -0.05) is 26.3 Å². The minimum atomic E-state index is -3.42. The summed E-state index contributed by atoms with van der Waals surface area (Å²) in [5.74, 6) is -1.95. The molecule has 0 heterocycles. The van der Waals surface area contributed by atoms with Crippen LogP contribution in [-0.2, 0) is 14.6 Å². The second-order valence-electron chi connectivity index (χ2n) is 4.97. The van der Waals surface area contributed by atoms with Gasteiger partial charge in [0.25, 0.3) is 5.91 Å². The van der Waals surface area contributed by atoms with Crippen molar-refractivity contribution in [2.45, 2.75) is 31.2 Å². The molecule has 1 rings (SSSR count). The molecule has 6 nitrogen and oxygen atoms in total. The monoisotopic (exact) mass is 313 g/mol. The first-order chi connectivity index (χ1) is 9.66. The molecule has 2 atom stereocenters. The van der Waals surface area contributed by atoms with Crippen molar-refractivity contribution >= 4 is 21.7 Å². The van der Waals surface area contributed by atoms with E-state index < -0.39 is 27.8 Å². The Balaban J connectivity index is 3.01. The number of carboxylic acid groups (broad SMARTS) is 1. The van der Waals surface area contributed by atoms with E-state index in [0.29, 0.717) is 6.42 Å². The van der Waals surface area contributed by atoms with Crippen molar-refractivity contribution in [1.82, 2.24) is 5.32 Å². The van der Waals surface area contributed by atoms with Crippen molar-refractivity contribution in [2.24, 2.45) is 5.92 Å². The molecule has 0 aliphatic carbocycles. The second kappa shape index (κ2) is 6.71. The highest BCUT2D eigenvalue weighted by Gasteiger charge is 2.26. The standard InChI is InChI=1S/C14H19NO5S/c1-4-9(2)12(14(17)18)15-13(16)10-6-5-7-11(8-10)21(3,19)20/h5-9,12H,4H2,1-3H3,(H,15,16)(H,17,18). The molecule has 0 aromatic heterocycles. The number of hydrogen-bond donors (Lipinski definition) is 2. The number of aliphatic carboxylic acids is 1. The summed E-state index contributed by atoms with van der Waals surface area (Å²) < 4.78 is 22.9. The summed E-state index contributed by atoms with van der Waals surface area (Å²) in [6.07, 6.45) is 1.64. The highest BCUT2D eigenvalue weighted by atomic mass is 32.2. The lowest BCUT2D eigenvalue weighted by atomic mass is 9.99. The fourth-order valence-corrected chi connectivity index (χ4v) is 2.44. The van der Waals surface area contributed by atoms with Gasteiger partial charge in [0, 0.05) is 11.8 Å². The van der Waals surface area contributed by atoms with Gasteiger partial charge < -0.3 is 10.4 Å². The lowest BCUT2D eigenvalue weighted by Crippen LogP contribution is -2.45. The van der Waals surface area contributed by atoms with Crippen LogP contribution in [0.1, 0.15) is 30.6 Å². The first-order valence-electron chi connectivity index (χ1n) is 6.50. The van der Waals surface area contributed by atoms with Crippen LogP contribution in [0, 0.1) is 5.92 Å². The van der Waals surface area contributed by atoms with Gasteiger partial charge in [-0.15, -0.1) is 0 Å². The summed E-state index contributed by atoms with van der Waals surface area (Å²) in [7, 11) is -3.42. The van der Waals surface area contributed by atoms with Gasteiger partial charge in [0.2, 0.25) is 0 Å². The van der Waals surface area contributed by atoms with Gasteiger partial charge in [-0.05, 0) is 24.1 Å². The van der Waals surface area contributed by atoms with E-state index in [2.05, 4.69) is 5.32 Å². The molecule has 0 radical (unpaired) electrons. The quantitative estimate of drug-likeness (QED) is 0.825. The number of amides is 1. The Bertz CT molecular complexity index is 639. The first kappa shape index (κ1) is 17.2. The average molecular weight is 313 g/mol. The molecule has 0 bridgehead atoms. The van der Waals surface area contributed by atoms with Gasteiger partial charge in [0.05, 0.1) is 4.90 Å². The molecule has 21 heavy (non-hydrogen) atoms. The number of sulfone groups is 1. The molecule has 0 saturated heterocycles. The zero-order valence-corrected chi connectivity index (χ0v) is 13.0. The van der Waals surface area contributed by atoms with Gasteiger partial charge in [0.15, 0.2) is 9.84 Å². The number of nitrogens with one attached hydrogen (secondary N) is 1. The predicted octanol–water partition coefficient (Wildman–Crippen LogP) is 1.32. The van der Waals surface area contributed by atoms with Crippen LogP contribution in [0.5, 0.6) is 0 Å². The summed E-state index contributed by atoms with van der Waals surface area (Å²) in [5.41, 5.74) is 0.118. The Morgan fingerprint density at radius 3 is 2.43 bits per heavy atom. The molecule has 116 valence electrons. The van der Waals surface area contributed by atoms with Crippen LogP contribution in [0.25, 0.3) is 0 Å². The molecule has 0 aliphatic rings.